The monoisotopic (exact) mass is 472 g/mol. The van der Waals surface area contributed by atoms with Gasteiger partial charge in [0, 0.05) is 31.0 Å². The van der Waals surface area contributed by atoms with Crippen molar-refractivity contribution in [2.45, 2.75) is 43.5 Å². The van der Waals surface area contributed by atoms with Gasteiger partial charge < -0.3 is 15.0 Å². The molecule has 1 saturated heterocycles. The van der Waals surface area contributed by atoms with Crippen LogP contribution in [0.2, 0.25) is 0 Å². The van der Waals surface area contributed by atoms with Gasteiger partial charge in [-0.3, -0.25) is 4.79 Å². The third-order valence-corrected chi connectivity index (χ3v) is 7.72. The number of carbonyl (C=O) groups is 1. The minimum absolute atomic E-state index is 0.0321. The maximum absolute atomic E-state index is 15.3. The van der Waals surface area contributed by atoms with Gasteiger partial charge in [0.05, 0.1) is 10.9 Å². The Bertz CT molecular complexity index is 1220. The highest BCUT2D eigenvalue weighted by Crippen LogP contribution is 2.42. The van der Waals surface area contributed by atoms with Gasteiger partial charge in [0.25, 0.3) is 0 Å². The Labute approximate surface area is 194 Å². The molecule has 176 valence electrons. The number of nitrogens with zero attached hydrogens (tertiary/aromatic N) is 1. The van der Waals surface area contributed by atoms with Crippen molar-refractivity contribution in [1.29, 1.82) is 0 Å². The Morgan fingerprint density at radius 3 is 2.70 bits per heavy atom. The summed E-state index contributed by atoms with van der Waals surface area (Å²) in [4.78, 5) is 14.3. The van der Waals surface area contributed by atoms with Crippen molar-refractivity contribution in [2.24, 2.45) is 5.92 Å². The van der Waals surface area contributed by atoms with E-state index in [-0.39, 0.29) is 34.4 Å². The van der Waals surface area contributed by atoms with E-state index in [9.17, 15) is 13.2 Å². The average molecular weight is 473 g/mol. The Balaban J connectivity index is 1.84. The predicted octanol–water partition coefficient (Wildman–Crippen LogP) is 4.33. The molecule has 3 unspecified atom stereocenters. The van der Waals surface area contributed by atoms with E-state index in [1.165, 1.54) is 11.0 Å². The zero-order valence-electron chi connectivity index (χ0n) is 19.3. The van der Waals surface area contributed by atoms with Crippen LogP contribution < -0.4 is 10.1 Å². The normalized spacial score (nSPS) is 21.5. The summed E-state index contributed by atoms with van der Waals surface area (Å²) in [5.74, 6) is -0.107. The third kappa shape index (κ3) is 4.42. The summed E-state index contributed by atoms with van der Waals surface area (Å²) >= 11 is 0. The highest BCUT2D eigenvalue weighted by atomic mass is 32.2. The Kier molecular flexibility index (Phi) is 6.33. The molecule has 2 aliphatic heterocycles. The molecule has 0 radical (unpaired) electrons. The summed E-state index contributed by atoms with van der Waals surface area (Å²) in [6.07, 6.45) is 4.40. The average Bonchev–Trinajstić information content (AvgIpc) is 3.27. The number of fused-ring (bicyclic) bond motifs is 1. The van der Waals surface area contributed by atoms with Gasteiger partial charge in [0.1, 0.15) is 5.75 Å². The first-order valence-electron chi connectivity index (χ1n) is 11.1. The standard InChI is InChI=1S/C25H29FN2O4S/c1-5-15(2)17-7-6-8-22(23(17)26)32-21-10-9-16(33(4,30)31)13-19(21)20-14-28(3)25(29)24-18(20)11-12-27-24/h6-10,13-15,18,24,27H,5,11-12H2,1-4H3. The molecule has 2 aromatic rings. The number of sulfone groups is 1. The Morgan fingerprint density at radius 1 is 1.24 bits per heavy atom. The van der Waals surface area contributed by atoms with Crippen LogP contribution in [0.5, 0.6) is 11.5 Å². The number of hydrogen-bond donors (Lipinski definition) is 1. The van der Waals surface area contributed by atoms with Crippen LogP contribution in [0.3, 0.4) is 0 Å². The molecule has 0 spiro atoms. The van der Waals surface area contributed by atoms with E-state index in [1.807, 2.05) is 13.8 Å². The molecule has 1 amide bonds. The number of rotatable bonds is 6. The van der Waals surface area contributed by atoms with Crippen molar-refractivity contribution in [2.75, 3.05) is 19.8 Å². The summed E-state index contributed by atoms with van der Waals surface area (Å²) in [7, 11) is -1.81. The van der Waals surface area contributed by atoms with Gasteiger partial charge in [-0.25, -0.2) is 12.8 Å². The molecule has 8 heteroatoms. The molecular formula is C25H29FN2O4S. The lowest BCUT2D eigenvalue weighted by Crippen LogP contribution is -2.46. The molecule has 33 heavy (non-hydrogen) atoms. The number of halogens is 1. The number of hydrogen-bond acceptors (Lipinski definition) is 5. The van der Waals surface area contributed by atoms with Crippen LogP contribution in [-0.2, 0) is 14.6 Å². The van der Waals surface area contributed by atoms with Gasteiger partial charge in [0.2, 0.25) is 5.91 Å². The highest BCUT2D eigenvalue weighted by Gasteiger charge is 2.41. The van der Waals surface area contributed by atoms with Crippen LogP contribution in [-0.4, -0.2) is 45.1 Å². The molecule has 0 bridgehead atoms. The molecule has 1 N–H and O–H groups in total. The van der Waals surface area contributed by atoms with Crippen LogP contribution in [0.15, 0.2) is 47.5 Å². The van der Waals surface area contributed by atoms with Gasteiger partial charge in [-0.1, -0.05) is 26.0 Å². The Morgan fingerprint density at radius 2 is 2.00 bits per heavy atom. The first-order chi connectivity index (χ1) is 15.6. The predicted molar refractivity (Wildman–Crippen MR) is 125 cm³/mol. The van der Waals surface area contributed by atoms with E-state index in [4.69, 9.17) is 4.74 Å². The zero-order valence-corrected chi connectivity index (χ0v) is 20.1. The molecule has 0 aromatic heterocycles. The van der Waals surface area contributed by atoms with Crippen LogP contribution in [0, 0.1) is 11.7 Å². The second-order valence-corrected chi connectivity index (χ2v) is 10.9. The molecule has 4 rings (SSSR count). The molecule has 1 fully saturated rings. The van der Waals surface area contributed by atoms with E-state index >= 15 is 4.39 Å². The summed E-state index contributed by atoms with van der Waals surface area (Å²) in [6.45, 7) is 4.64. The smallest absolute Gasteiger partial charge is 0.244 e. The number of benzene rings is 2. The van der Waals surface area contributed by atoms with Crippen LogP contribution in [0.1, 0.15) is 43.7 Å². The number of likely N-dealkylation sites (N-methyl/N-ethyl adjacent to an activating group) is 1. The van der Waals surface area contributed by atoms with Gasteiger partial charge >= 0.3 is 0 Å². The maximum atomic E-state index is 15.3. The maximum Gasteiger partial charge on any atom is 0.244 e. The molecule has 2 aromatic carbocycles. The first-order valence-corrected chi connectivity index (χ1v) is 13.0. The van der Waals surface area contributed by atoms with Crippen molar-refractivity contribution in [3.8, 4) is 11.5 Å². The summed E-state index contributed by atoms with van der Waals surface area (Å²) < 4.78 is 45.9. The van der Waals surface area contributed by atoms with Gasteiger partial charge in [0.15, 0.2) is 21.4 Å². The second kappa shape index (κ2) is 8.91. The van der Waals surface area contributed by atoms with Crippen LogP contribution in [0.4, 0.5) is 4.39 Å². The number of nitrogens with one attached hydrogen (secondary N) is 1. The molecule has 0 aliphatic carbocycles. The molecule has 6 nitrogen and oxygen atoms in total. The fraction of sp³-hybridized carbons (Fsp3) is 0.400. The lowest BCUT2D eigenvalue weighted by molar-refractivity contribution is -0.130. The van der Waals surface area contributed by atoms with Crippen molar-refractivity contribution < 1.29 is 22.3 Å². The van der Waals surface area contributed by atoms with Gasteiger partial charge in [-0.15, -0.1) is 0 Å². The van der Waals surface area contributed by atoms with Crippen molar-refractivity contribution in [1.82, 2.24) is 10.2 Å². The lowest BCUT2D eigenvalue weighted by Gasteiger charge is -2.32. The molecule has 2 aliphatic rings. The van der Waals surface area contributed by atoms with Crippen molar-refractivity contribution in [3.05, 3.63) is 59.5 Å². The molecule has 0 saturated carbocycles. The topological polar surface area (TPSA) is 75.7 Å². The molecule has 3 atom stereocenters. The van der Waals surface area contributed by atoms with Crippen molar-refractivity contribution >= 4 is 21.3 Å². The minimum Gasteiger partial charge on any atom is -0.454 e. The fourth-order valence-corrected chi connectivity index (χ4v) is 5.18. The largest absolute Gasteiger partial charge is 0.454 e. The lowest BCUT2D eigenvalue weighted by atomic mass is 9.84. The fourth-order valence-electron chi connectivity index (χ4n) is 4.53. The van der Waals surface area contributed by atoms with Crippen LogP contribution >= 0.6 is 0 Å². The summed E-state index contributed by atoms with van der Waals surface area (Å²) in [6, 6.07) is 9.29. The van der Waals surface area contributed by atoms with E-state index in [1.54, 1.807) is 43.6 Å². The van der Waals surface area contributed by atoms with Crippen molar-refractivity contribution in [3.63, 3.8) is 0 Å². The number of carbonyl (C=O) groups excluding carboxylic acids is 1. The minimum atomic E-state index is -3.48. The van der Waals surface area contributed by atoms with Crippen LogP contribution in [0.25, 0.3) is 5.57 Å². The summed E-state index contributed by atoms with van der Waals surface area (Å²) in [5, 5.41) is 3.24. The zero-order chi connectivity index (χ0) is 23.9. The van der Waals surface area contributed by atoms with E-state index in [0.717, 1.165) is 24.7 Å². The van der Waals surface area contributed by atoms with Gasteiger partial charge in [-0.05, 0) is 60.7 Å². The molecular weight excluding hydrogens is 443 g/mol. The molecule has 2 heterocycles. The van der Waals surface area contributed by atoms with Gasteiger partial charge in [-0.2, -0.15) is 0 Å². The second-order valence-electron chi connectivity index (χ2n) is 8.86. The first kappa shape index (κ1) is 23.4. The van der Waals surface area contributed by atoms with E-state index < -0.39 is 15.7 Å². The Hall–Kier alpha value is -2.71. The number of amides is 1. The number of ether oxygens (including phenoxy) is 1. The van der Waals surface area contributed by atoms with E-state index in [0.29, 0.717) is 23.4 Å². The highest BCUT2D eigenvalue weighted by molar-refractivity contribution is 7.90. The third-order valence-electron chi connectivity index (χ3n) is 6.61. The SMILES string of the molecule is CCC(C)c1cccc(Oc2ccc(S(C)(=O)=O)cc2C2=CN(C)C(=O)C3NCCC23)c1F. The quantitative estimate of drug-likeness (QED) is 0.678. The van der Waals surface area contributed by atoms with E-state index in [2.05, 4.69) is 5.32 Å². The summed E-state index contributed by atoms with van der Waals surface area (Å²) in [5.41, 5.74) is 1.92.